The predicted molar refractivity (Wildman–Crippen MR) is 69.8 cm³/mol. The lowest BCUT2D eigenvalue weighted by Gasteiger charge is -2.31. The third-order valence-electron chi connectivity index (χ3n) is 3.38. The van der Waals surface area contributed by atoms with Gasteiger partial charge in [-0.25, -0.2) is 8.42 Å². The number of ether oxygens (including phenoxy) is 1. The van der Waals surface area contributed by atoms with Crippen LogP contribution in [0.15, 0.2) is 11.2 Å². The van der Waals surface area contributed by atoms with E-state index >= 15 is 0 Å². The number of aromatic amines is 1. The number of nitrogens with one attached hydrogen (secondary N) is 1. The molecular weight excluding hydrogens is 268 g/mol. The third-order valence-corrected chi connectivity index (χ3v) is 5.26. The average molecular weight is 288 g/mol. The molecule has 2 heterocycles. The highest BCUT2D eigenvalue weighted by Crippen LogP contribution is 2.24. The van der Waals surface area contributed by atoms with E-state index in [1.807, 2.05) is 0 Å². The standard InChI is InChI=1S/C11H20N4O3S/c1-18-8-9-3-2-4-15(7-9)19(16,17)11-10(5-12)6-13-14-11/h6,9H,2-5,7-8,12H2,1H3,(H,13,14). The van der Waals surface area contributed by atoms with E-state index in [1.54, 1.807) is 7.11 Å². The highest BCUT2D eigenvalue weighted by atomic mass is 32.2. The molecule has 0 radical (unpaired) electrons. The molecule has 1 aliphatic rings. The van der Waals surface area contributed by atoms with E-state index in [2.05, 4.69) is 10.2 Å². The highest BCUT2D eigenvalue weighted by Gasteiger charge is 2.32. The largest absolute Gasteiger partial charge is 0.384 e. The average Bonchev–Trinajstić information content (AvgIpc) is 2.88. The van der Waals surface area contributed by atoms with E-state index in [9.17, 15) is 8.42 Å². The Morgan fingerprint density at radius 3 is 3.11 bits per heavy atom. The first kappa shape index (κ1) is 14.4. The van der Waals surface area contributed by atoms with E-state index in [0.29, 0.717) is 25.3 Å². The first-order valence-electron chi connectivity index (χ1n) is 6.31. The molecule has 0 bridgehead atoms. The summed E-state index contributed by atoms with van der Waals surface area (Å²) in [6.45, 7) is 1.75. The summed E-state index contributed by atoms with van der Waals surface area (Å²) in [5, 5.41) is 6.44. The number of piperidine rings is 1. The maximum absolute atomic E-state index is 12.5. The number of sulfonamides is 1. The van der Waals surface area contributed by atoms with Crippen LogP contribution in [0.3, 0.4) is 0 Å². The lowest BCUT2D eigenvalue weighted by atomic mass is 10.0. The summed E-state index contributed by atoms with van der Waals surface area (Å²) >= 11 is 0. The number of H-pyrrole nitrogens is 1. The SMILES string of the molecule is COCC1CCCN(S(=O)(=O)c2[nH]ncc2CN)C1. The number of rotatable bonds is 5. The Morgan fingerprint density at radius 1 is 1.63 bits per heavy atom. The number of nitrogens with two attached hydrogens (primary N) is 1. The van der Waals surface area contributed by atoms with Gasteiger partial charge in [0.2, 0.25) is 0 Å². The fourth-order valence-corrected chi connectivity index (χ4v) is 4.08. The van der Waals surface area contributed by atoms with Gasteiger partial charge in [-0.1, -0.05) is 0 Å². The van der Waals surface area contributed by atoms with Gasteiger partial charge in [-0.3, -0.25) is 5.10 Å². The van der Waals surface area contributed by atoms with Crippen LogP contribution in [0.1, 0.15) is 18.4 Å². The quantitative estimate of drug-likeness (QED) is 0.789. The minimum Gasteiger partial charge on any atom is -0.384 e. The van der Waals surface area contributed by atoms with Gasteiger partial charge in [0, 0.05) is 32.3 Å². The second kappa shape index (κ2) is 6.00. The second-order valence-electron chi connectivity index (χ2n) is 4.76. The maximum atomic E-state index is 12.5. The first-order valence-corrected chi connectivity index (χ1v) is 7.75. The van der Waals surface area contributed by atoms with E-state index in [-0.39, 0.29) is 17.5 Å². The van der Waals surface area contributed by atoms with Crippen LogP contribution in [0.5, 0.6) is 0 Å². The lowest BCUT2D eigenvalue weighted by Crippen LogP contribution is -2.41. The van der Waals surface area contributed by atoms with Gasteiger partial charge < -0.3 is 10.5 Å². The molecule has 1 unspecified atom stereocenters. The molecular formula is C11H20N4O3S. The van der Waals surface area contributed by atoms with Gasteiger partial charge >= 0.3 is 0 Å². The Bertz CT molecular complexity index is 512. The molecule has 0 amide bonds. The van der Waals surface area contributed by atoms with Crippen LogP contribution < -0.4 is 5.73 Å². The summed E-state index contributed by atoms with van der Waals surface area (Å²) < 4.78 is 31.7. The Kier molecular flexibility index (Phi) is 4.56. The molecule has 0 saturated carbocycles. The van der Waals surface area contributed by atoms with Crippen molar-refractivity contribution >= 4 is 10.0 Å². The number of aromatic nitrogens is 2. The van der Waals surface area contributed by atoms with E-state index < -0.39 is 10.0 Å². The first-order chi connectivity index (χ1) is 9.09. The fraction of sp³-hybridized carbons (Fsp3) is 0.727. The Morgan fingerprint density at radius 2 is 2.42 bits per heavy atom. The Labute approximate surface area is 113 Å². The zero-order valence-corrected chi connectivity index (χ0v) is 11.8. The number of hydrogen-bond donors (Lipinski definition) is 2. The van der Waals surface area contributed by atoms with Crippen LogP contribution in [-0.4, -0.2) is 49.7 Å². The topological polar surface area (TPSA) is 101 Å². The minimum atomic E-state index is -3.53. The molecule has 19 heavy (non-hydrogen) atoms. The summed E-state index contributed by atoms with van der Waals surface area (Å²) in [7, 11) is -1.90. The van der Waals surface area contributed by atoms with Crippen molar-refractivity contribution in [2.24, 2.45) is 11.7 Å². The van der Waals surface area contributed by atoms with E-state index in [1.165, 1.54) is 10.5 Å². The van der Waals surface area contributed by atoms with Gasteiger partial charge in [0.05, 0.1) is 12.8 Å². The van der Waals surface area contributed by atoms with Crippen LogP contribution in [-0.2, 0) is 21.3 Å². The van der Waals surface area contributed by atoms with E-state index in [0.717, 1.165) is 12.8 Å². The third kappa shape index (κ3) is 2.97. The summed E-state index contributed by atoms with van der Waals surface area (Å²) in [5.74, 6) is 0.248. The van der Waals surface area contributed by atoms with Crippen molar-refractivity contribution in [1.82, 2.24) is 14.5 Å². The normalized spacial score (nSPS) is 21.7. The highest BCUT2D eigenvalue weighted by molar-refractivity contribution is 7.89. The Hall–Kier alpha value is -0.960. The molecule has 1 atom stereocenters. The minimum absolute atomic E-state index is 0.119. The fourth-order valence-electron chi connectivity index (χ4n) is 2.41. The summed E-state index contributed by atoms with van der Waals surface area (Å²) in [6, 6.07) is 0. The molecule has 8 heteroatoms. The lowest BCUT2D eigenvalue weighted by molar-refractivity contribution is 0.118. The van der Waals surface area contributed by atoms with Crippen LogP contribution >= 0.6 is 0 Å². The molecule has 3 N–H and O–H groups in total. The van der Waals surface area contributed by atoms with Crippen molar-refractivity contribution in [3.63, 3.8) is 0 Å². The van der Waals surface area contributed by atoms with Crippen molar-refractivity contribution in [2.45, 2.75) is 24.4 Å². The molecule has 7 nitrogen and oxygen atoms in total. The smallest absolute Gasteiger partial charge is 0.260 e. The molecule has 0 aromatic carbocycles. The van der Waals surface area contributed by atoms with Gasteiger partial charge in [-0.2, -0.15) is 9.40 Å². The van der Waals surface area contributed by atoms with Gasteiger partial charge in [-0.15, -0.1) is 0 Å². The van der Waals surface area contributed by atoms with Crippen molar-refractivity contribution in [3.8, 4) is 0 Å². The number of methoxy groups -OCH3 is 1. The monoisotopic (exact) mass is 288 g/mol. The van der Waals surface area contributed by atoms with Gasteiger partial charge in [0.15, 0.2) is 5.03 Å². The molecule has 1 aliphatic heterocycles. The van der Waals surface area contributed by atoms with Crippen molar-refractivity contribution in [2.75, 3.05) is 26.8 Å². The number of hydrogen-bond acceptors (Lipinski definition) is 5. The molecule has 0 spiro atoms. The van der Waals surface area contributed by atoms with Crippen molar-refractivity contribution in [3.05, 3.63) is 11.8 Å². The Balaban J connectivity index is 2.20. The van der Waals surface area contributed by atoms with Gasteiger partial charge in [0.1, 0.15) is 0 Å². The molecule has 1 saturated heterocycles. The predicted octanol–water partition coefficient (Wildman–Crippen LogP) is -0.0845. The zero-order chi connectivity index (χ0) is 13.9. The number of nitrogens with zero attached hydrogens (tertiary/aromatic N) is 2. The van der Waals surface area contributed by atoms with Crippen LogP contribution in [0.25, 0.3) is 0 Å². The van der Waals surface area contributed by atoms with E-state index in [4.69, 9.17) is 10.5 Å². The molecule has 108 valence electrons. The van der Waals surface area contributed by atoms with Crippen molar-refractivity contribution < 1.29 is 13.2 Å². The second-order valence-corrected chi connectivity index (χ2v) is 6.63. The zero-order valence-electron chi connectivity index (χ0n) is 11.0. The maximum Gasteiger partial charge on any atom is 0.260 e. The van der Waals surface area contributed by atoms with Crippen LogP contribution in [0.4, 0.5) is 0 Å². The summed E-state index contributed by atoms with van der Waals surface area (Å²) in [4.78, 5) is 0. The van der Waals surface area contributed by atoms with Crippen LogP contribution in [0.2, 0.25) is 0 Å². The van der Waals surface area contributed by atoms with Crippen molar-refractivity contribution in [1.29, 1.82) is 0 Å². The summed E-state index contributed by atoms with van der Waals surface area (Å²) in [5.41, 5.74) is 6.06. The van der Waals surface area contributed by atoms with Gasteiger partial charge in [-0.05, 0) is 18.8 Å². The van der Waals surface area contributed by atoms with Gasteiger partial charge in [0.25, 0.3) is 10.0 Å². The molecule has 1 aromatic rings. The molecule has 2 rings (SSSR count). The molecule has 1 fully saturated rings. The van der Waals surface area contributed by atoms with Crippen LogP contribution in [0, 0.1) is 5.92 Å². The molecule has 1 aromatic heterocycles. The summed E-state index contributed by atoms with van der Waals surface area (Å²) in [6.07, 6.45) is 3.30. The molecule has 0 aliphatic carbocycles.